The molecular formula is C15H16N4O3. The predicted molar refractivity (Wildman–Crippen MR) is 82.3 cm³/mol. The number of aromatic nitrogens is 2. The second-order valence-corrected chi connectivity index (χ2v) is 4.90. The SMILES string of the molecule is O=C(Nc1ccc(N2CCOCC2)cc1)c1cc(=O)[nH]cn1. The quantitative estimate of drug-likeness (QED) is 0.878. The third-order valence-electron chi connectivity index (χ3n) is 3.41. The lowest BCUT2D eigenvalue weighted by Crippen LogP contribution is -2.36. The Morgan fingerprint density at radius 3 is 2.64 bits per heavy atom. The van der Waals surface area contributed by atoms with Crippen molar-refractivity contribution in [3.8, 4) is 0 Å². The average Bonchev–Trinajstić information content (AvgIpc) is 2.56. The summed E-state index contributed by atoms with van der Waals surface area (Å²) in [6, 6.07) is 8.72. The summed E-state index contributed by atoms with van der Waals surface area (Å²) in [5.41, 5.74) is 1.48. The summed E-state index contributed by atoms with van der Waals surface area (Å²) < 4.78 is 5.32. The zero-order chi connectivity index (χ0) is 15.4. The van der Waals surface area contributed by atoms with Crippen molar-refractivity contribution in [3.63, 3.8) is 0 Å². The van der Waals surface area contributed by atoms with Crippen LogP contribution in [0.5, 0.6) is 0 Å². The first-order valence-electron chi connectivity index (χ1n) is 7.01. The van der Waals surface area contributed by atoms with Gasteiger partial charge in [-0.1, -0.05) is 0 Å². The van der Waals surface area contributed by atoms with Gasteiger partial charge in [-0.2, -0.15) is 0 Å². The van der Waals surface area contributed by atoms with Gasteiger partial charge in [0.05, 0.1) is 19.5 Å². The molecule has 3 rings (SSSR count). The van der Waals surface area contributed by atoms with E-state index in [-0.39, 0.29) is 11.3 Å². The Hall–Kier alpha value is -2.67. The zero-order valence-electron chi connectivity index (χ0n) is 11.9. The zero-order valence-corrected chi connectivity index (χ0v) is 11.9. The van der Waals surface area contributed by atoms with Gasteiger partial charge >= 0.3 is 0 Å². The number of benzene rings is 1. The lowest BCUT2D eigenvalue weighted by molar-refractivity contribution is 0.102. The maximum absolute atomic E-state index is 12.0. The molecule has 1 aliphatic rings. The number of carbonyl (C=O) groups is 1. The second kappa shape index (κ2) is 6.40. The first-order valence-corrected chi connectivity index (χ1v) is 7.01. The van der Waals surface area contributed by atoms with Crippen molar-refractivity contribution in [2.24, 2.45) is 0 Å². The van der Waals surface area contributed by atoms with Crippen molar-refractivity contribution >= 4 is 17.3 Å². The smallest absolute Gasteiger partial charge is 0.274 e. The lowest BCUT2D eigenvalue weighted by atomic mass is 10.2. The maximum atomic E-state index is 12.0. The molecule has 2 heterocycles. The van der Waals surface area contributed by atoms with Crippen LogP contribution in [0.3, 0.4) is 0 Å². The summed E-state index contributed by atoms with van der Waals surface area (Å²) in [7, 11) is 0. The summed E-state index contributed by atoms with van der Waals surface area (Å²) >= 11 is 0. The van der Waals surface area contributed by atoms with Crippen molar-refractivity contribution in [1.29, 1.82) is 0 Å². The largest absolute Gasteiger partial charge is 0.378 e. The third-order valence-corrected chi connectivity index (χ3v) is 3.41. The van der Waals surface area contributed by atoms with Crippen LogP contribution >= 0.6 is 0 Å². The van der Waals surface area contributed by atoms with Crippen LogP contribution in [-0.4, -0.2) is 42.2 Å². The third kappa shape index (κ3) is 3.32. The molecular weight excluding hydrogens is 284 g/mol. The topological polar surface area (TPSA) is 87.3 Å². The van der Waals surface area contributed by atoms with Crippen LogP contribution in [0.25, 0.3) is 0 Å². The van der Waals surface area contributed by atoms with E-state index in [9.17, 15) is 9.59 Å². The Balaban J connectivity index is 1.68. The normalized spacial score (nSPS) is 14.6. The molecule has 0 aliphatic carbocycles. The van der Waals surface area contributed by atoms with Crippen molar-refractivity contribution in [1.82, 2.24) is 9.97 Å². The van der Waals surface area contributed by atoms with Crippen LogP contribution in [0.4, 0.5) is 11.4 Å². The van der Waals surface area contributed by atoms with Gasteiger partial charge in [-0.15, -0.1) is 0 Å². The number of aromatic amines is 1. The van der Waals surface area contributed by atoms with Crippen LogP contribution in [0.1, 0.15) is 10.5 Å². The molecule has 7 nitrogen and oxygen atoms in total. The first kappa shape index (κ1) is 14.3. The van der Waals surface area contributed by atoms with Gasteiger partial charge in [0.2, 0.25) is 0 Å². The van der Waals surface area contributed by atoms with Crippen molar-refractivity contribution in [2.45, 2.75) is 0 Å². The predicted octanol–water partition coefficient (Wildman–Crippen LogP) is 0.859. The van der Waals surface area contributed by atoms with Crippen LogP contribution in [-0.2, 0) is 4.74 Å². The number of H-pyrrole nitrogens is 1. The molecule has 1 saturated heterocycles. The molecule has 1 aromatic carbocycles. The standard InChI is InChI=1S/C15H16N4O3/c20-14-9-13(16-10-17-14)15(21)18-11-1-3-12(4-2-11)19-5-7-22-8-6-19/h1-4,9-10H,5-8H2,(H,18,21)(H,16,17,20). The molecule has 1 amide bonds. The van der Waals surface area contributed by atoms with E-state index in [2.05, 4.69) is 20.2 Å². The molecule has 0 atom stereocenters. The molecule has 0 radical (unpaired) electrons. The molecule has 2 N–H and O–H groups in total. The lowest BCUT2D eigenvalue weighted by Gasteiger charge is -2.28. The minimum Gasteiger partial charge on any atom is -0.378 e. The minimum absolute atomic E-state index is 0.0843. The Morgan fingerprint density at radius 2 is 1.95 bits per heavy atom. The molecule has 2 aromatic rings. The van der Waals surface area contributed by atoms with Crippen molar-refractivity contribution < 1.29 is 9.53 Å². The van der Waals surface area contributed by atoms with Crippen LogP contribution in [0, 0.1) is 0 Å². The molecule has 1 fully saturated rings. The minimum atomic E-state index is -0.412. The fraction of sp³-hybridized carbons (Fsp3) is 0.267. The number of rotatable bonds is 3. The van der Waals surface area contributed by atoms with E-state index in [1.807, 2.05) is 24.3 Å². The van der Waals surface area contributed by atoms with E-state index in [4.69, 9.17) is 4.74 Å². The number of hydrogen-bond acceptors (Lipinski definition) is 5. The van der Waals surface area contributed by atoms with Crippen LogP contribution in [0.15, 0.2) is 41.5 Å². The van der Waals surface area contributed by atoms with Gasteiger partial charge in [0, 0.05) is 30.5 Å². The highest BCUT2D eigenvalue weighted by atomic mass is 16.5. The first-order chi connectivity index (χ1) is 10.7. The fourth-order valence-corrected chi connectivity index (χ4v) is 2.26. The molecule has 0 unspecified atom stereocenters. The van der Waals surface area contributed by atoms with Gasteiger partial charge < -0.3 is 19.9 Å². The van der Waals surface area contributed by atoms with E-state index in [1.165, 1.54) is 6.33 Å². The number of hydrogen-bond donors (Lipinski definition) is 2. The molecule has 7 heteroatoms. The van der Waals surface area contributed by atoms with Gasteiger partial charge in [0.15, 0.2) is 0 Å². The Morgan fingerprint density at radius 1 is 1.23 bits per heavy atom. The summed E-state index contributed by atoms with van der Waals surface area (Å²) in [6.07, 6.45) is 1.21. The fourth-order valence-electron chi connectivity index (χ4n) is 2.26. The number of morpholine rings is 1. The summed E-state index contributed by atoms with van der Waals surface area (Å²) in [5, 5.41) is 2.72. The number of ether oxygens (including phenoxy) is 1. The van der Waals surface area contributed by atoms with E-state index < -0.39 is 5.91 Å². The summed E-state index contributed by atoms with van der Waals surface area (Å²) in [6.45, 7) is 3.18. The summed E-state index contributed by atoms with van der Waals surface area (Å²) in [5.74, 6) is -0.412. The number of nitrogens with zero attached hydrogens (tertiary/aromatic N) is 2. The highest BCUT2D eigenvalue weighted by molar-refractivity contribution is 6.02. The van der Waals surface area contributed by atoms with Crippen LogP contribution < -0.4 is 15.8 Å². The number of carbonyl (C=O) groups excluding carboxylic acids is 1. The Labute approximate surface area is 126 Å². The van der Waals surface area contributed by atoms with Gasteiger partial charge in [-0.05, 0) is 24.3 Å². The molecule has 1 aromatic heterocycles. The molecule has 0 bridgehead atoms. The molecule has 22 heavy (non-hydrogen) atoms. The summed E-state index contributed by atoms with van der Waals surface area (Å²) in [4.78, 5) is 31.6. The van der Waals surface area contributed by atoms with Gasteiger partial charge in [-0.3, -0.25) is 9.59 Å². The second-order valence-electron chi connectivity index (χ2n) is 4.90. The molecule has 0 saturated carbocycles. The van der Waals surface area contributed by atoms with Crippen LogP contribution in [0.2, 0.25) is 0 Å². The number of amides is 1. The van der Waals surface area contributed by atoms with Gasteiger partial charge in [0.25, 0.3) is 11.5 Å². The Kier molecular flexibility index (Phi) is 4.15. The van der Waals surface area contributed by atoms with E-state index in [0.717, 1.165) is 38.1 Å². The monoisotopic (exact) mass is 300 g/mol. The average molecular weight is 300 g/mol. The van der Waals surface area contributed by atoms with Gasteiger partial charge in [-0.25, -0.2) is 4.98 Å². The van der Waals surface area contributed by atoms with Crippen molar-refractivity contribution in [2.75, 3.05) is 36.5 Å². The van der Waals surface area contributed by atoms with E-state index in [1.54, 1.807) is 0 Å². The molecule has 0 spiro atoms. The highest BCUT2D eigenvalue weighted by Gasteiger charge is 2.12. The Bertz CT molecular complexity index is 705. The number of nitrogens with one attached hydrogen (secondary N) is 2. The molecule has 114 valence electrons. The maximum Gasteiger partial charge on any atom is 0.274 e. The highest BCUT2D eigenvalue weighted by Crippen LogP contribution is 2.19. The number of anilines is 2. The molecule has 1 aliphatic heterocycles. The van der Waals surface area contributed by atoms with Gasteiger partial charge in [0.1, 0.15) is 5.69 Å². The van der Waals surface area contributed by atoms with E-state index >= 15 is 0 Å². The van der Waals surface area contributed by atoms with Crippen molar-refractivity contribution in [3.05, 3.63) is 52.7 Å². The van der Waals surface area contributed by atoms with E-state index in [0.29, 0.717) is 5.69 Å².